The number of rotatable bonds is 1. The summed E-state index contributed by atoms with van der Waals surface area (Å²) in [6.45, 7) is 6.95. The molecule has 82 valence electrons. The number of anilines is 2. The standard InChI is InChI=1S/C12H18N2O/c1-9-7-11(13)3-4-12(9)14-5-6-15-10(2)8-14/h3-4,7,10H,5-6,8,13H2,1-2H3/t10-/m1/s1. The minimum absolute atomic E-state index is 0.315. The van der Waals surface area contributed by atoms with E-state index in [4.69, 9.17) is 10.5 Å². The maximum Gasteiger partial charge on any atom is 0.0722 e. The highest BCUT2D eigenvalue weighted by Crippen LogP contribution is 2.24. The Morgan fingerprint density at radius 2 is 2.27 bits per heavy atom. The molecule has 0 saturated carbocycles. The number of nitrogens with zero attached hydrogens (tertiary/aromatic N) is 1. The average Bonchev–Trinajstić information content (AvgIpc) is 2.17. The van der Waals surface area contributed by atoms with E-state index < -0.39 is 0 Å². The molecule has 0 aromatic heterocycles. The molecular formula is C12H18N2O. The van der Waals surface area contributed by atoms with Crippen LogP contribution in [0.3, 0.4) is 0 Å². The lowest BCUT2D eigenvalue weighted by Crippen LogP contribution is -2.41. The third-order valence-corrected chi connectivity index (χ3v) is 2.80. The molecule has 1 saturated heterocycles. The molecule has 1 aromatic rings. The van der Waals surface area contributed by atoms with Crippen molar-refractivity contribution in [2.24, 2.45) is 0 Å². The molecule has 15 heavy (non-hydrogen) atoms. The summed E-state index contributed by atoms with van der Waals surface area (Å²) >= 11 is 0. The van der Waals surface area contributed by atoms with Gasteiger partial charge in [0.05, 0.1) is 12.7 Å². The Balaban J connectivity index is 2.21. The molecule has 0 amide bonds. The Morgan fingerprint density at radius 1 is 1.47 bits per heavy atom. The van der Waals surface area contributed by atoms with Gasteiger partial charge in [-0.25, -0.2) is 0 Å². The maximum absolute atomic E-state index is 5.74. The van der Waals surface area contributed by atoms with E-state index in [1.165, 1.54) is 11.3 Å². The number of morpholine rings is 1. The van der Waals surface area contributed by atoms with Crippen LogP contribution in [-0.4, -0.2) is 25.8 Å². The summed E-state index contributed by atoms with van der Waals surface area (Å²) in [5.74, 6) is 0. The fourth-order valence-electron chi connectivity index (χ4n) is 2.07. The van der Waals surface area contributed by atoms with Crippen molar-refractivity contribution in [1.29, 1.82) is 0 Å². The van der Waals surface area contributed by atoms with Crippen molar-refractivity contribution >= 4 is 11.4 Å². The number of nitrogen functional groups attached to an aromatic ring is 1. The third-order valence-electron chi connectivity index (χ3n) is 2.80. The average molecular weight is 206 g/mol. The lowest BCUT2D eigenvalue weighted by atomic mass is 10.1. The Labute approximate surface area is 90.8 Å². The van der Waals surface area contributed by atoms with Crippen molar-refractivity contribution in [3.8, 4) is 0 Å². The van der Waals surface area contributed by atoms with Crippen LogP contribution in [0.15, 0.2) is 18.2 Å². The van der Waals surface area contributed by atoms with Crippen LogP contribution in [0.5, 0.6) is 0 Å². The number of hydrogen-bond donors (Lipinski definition) is 1. The summed E-state index contributed by atoms with van der Waals surface area (Å²) in [7, 11) is 0. The monoisotopic (exact) mass is 206 g/mol. The van der Waals surface area contributed by atoms with E-state index in [1.807, 2.05) is 12.1 Å². The number of ether oxygens (including phenoxy) is 1. The molecule has 3 nitrogen and oxygen atoms in total. The normalized spacial score (nSPS) is 21.7. The van der Waals surface area contributed by atoms with Gasteiger partial charge < -0.3 is 15.4 Å². The van der Waals surface area contributed by atoms with E-state index >= 15 is 0 Å². The summed E-state index contributed by atoms with van der Waals surface area (Å²) < 4.78 is 5.53. The molecule has 1 aromatic carbocycles. The Kier molecular flexibility index (Phi) is 2.82. The summed E-state index contributed by atoms with van der Waals surface area (Å²) in [5.41, 5.74) is 9.09. The van der Waals surface area contributed by atoms with Gasteiger partial charge in [0, 0.05) is 24.5 Å². The molecule has 1 atom stereocenters. The molecule has 0 bridgehead atoms. The van der Waals surface area contributed by atoms with E-state index in [-0.39, 0.29) is 0 Å². The van der Waals surface area contributed by atoms with Gasteiger partial charge in [0.15, 0.2) is 0 Å². The van der Waals surface area contributed by atoms with Crippen LogP contribution < -0.4 is 10.6 Å². The molecule has 2 rings (SSSR count). The molecule has 2 N–H and O–H groups in total. The largest absolute Gasteiger partial charge is 0.399 e. The second-order valence-electron chi connectivity index (χ2n) is 4.17. The summed E-state index contributed by atoms with van der Waals surface area (Å²) in [5, 5.41) is 0. The number of benzene rings is 1. The van der Waals surface area contributed by atoms with Gasteiger partial charge >= 0.3 is 0 Å². The fourth-order valence-corrected chi connectivity index (χ4v) is 2.07. The molecular weight excluding hydrogens is 188 g/mol. The molecule has 1 heterocycles. The highest BCUT2D eigenvalue weighted by molar-refractivity contribution is 5.59. The Morgan fingerprint density at radius 3 is 2.93 bits per heavy atom. The van der Waals surface area contributed by atoms with Crippen molar-refractivity contribution in [2.75, 3.05) is 30.3 Å². The predicted octanol–water partition coefficient (Wildman–Crippen LogP) is 1.80. The first kappa shape index (κ1) is 10.3. The highest BCUT2D eigenvalue weighted by Gasteiger charge is 2.17. The second-order valence-corrected chi connectivity index (χ2v) is 4.17. The topological polar surface area (TPSA) is 38.5 Å². The third kappa shape index (κ3) is 2.23. The number of hydrogen-bond acceptors (Lipinski definition) is 3. The van der Waals surface area contributed by atoms with Crippen LogP contribution >= 0.6 is 0 Å². The quantitative estimate of drug-likeness (QED) is 0.712. The zero-order valence-corrected chi connectivity index (χ0v) is 9.36. The van der Waals surface area contributed by atoms with E-state index in [0.29, 0.717) is 6.10 Å². The van der Waals surface area contributed by atoms with Gasteiger partial charge in [-0.15, -0.1) is 0 Å². The van der Waals surface area contributed by atoms with Crippen molar-refractivity contribution in [2.45, 2.75) is 20.0 Å². The second kappa shape index (κ2) is 4.11. The molecule has 0 spiro atoms. The smallest absolute Gasteiger partial charge is 0.0722 e. The molecule has 3 heteroatoms. The van der Waals surface area contributed by atoms with Crippen LogP contribution in [0.1, 0.15) is 12.5 Å². The van der Waals surface area contributed by atoms with Gasteiger partial charge in [-0.2, -0.15) is 0 Å². The Bertz CT molecular complexity index is 351. The highest BCUT2D eigenvalue weighted by atomic mass is 16.5. The first-order valence-electron chi connectivity index (χ1n) is 5.39. The summed E-state index contributed by atoms with van der Waals surface area (Å²) in [4.78, 5) is 2.36. The van der Waals surface area contributed by atoms with Gasteiger partial charge in [0.2, 0.25) is 0 Å². The van der Waals surface area contributed by atoms with Crippen LogP contribution in [0.25, 0.3) is 0 Å². The Hall–Kier alpha value is -1.22. The first-order chi connectivity index (χ1) is 7.16. The summed E-state index contributed by atoms with van der Waals surface area (Å²) in [6, 6.07) is 6.08. The fraction of sp³-hybridized carbons (Fsp3) is 0.500. The van der Waals surface area contributed by atoms with E-state index in [9.17, 15) is 0 Å². The zero-order valence-electron chi connectivity index (χ0n) is 9.36. The van der Waals surface area contributed by atoms with Gasteiger partial charge in [-0.3, -0.25) is 0 Å². The van der Waals surface area contributed by atoms with Crippen LogP contribution in [0.4, 0.5) is 11.4 Å². The number of nitrogens with two attached hydrogens (primary N) is 1. The zero-order chi connectivity index (χ0) is 10.8. The molecule has 1 aliphatic heterocycles. The predicted molar refractivity (Wildman–Crippen MR) is 63.2 cm³/mol. The molecule has 0 aliphatic carbocycles. The van der Waals surface area contributed by atoms with Crippen LogP contribution in [0, 0.1) is 6.92 Å². The van der Waals surface area contributed by atoms with Gasteiger partial charge in [-0.05, 0) is 37.6 Å². The van der Waals surface area contributed by atoms with Gasteiger partial charge in [0.25, 0.3) is 0 Å². The number of aryl methyl sites for hydroxylation is 1. The SMILES string of the molecule is Cc1cc(N)ccc1N1CCO[C@H](C)C1. The molecule has 1 fully saturated rings. The van der Waals surface area contributed by atoms with Crippen molar-refractivity contribution in [3.63, 3.8) is 0 Å². The summed E-state index contributed by atoms with van der Waals surface area (Å²) in [6.07, 6.45) is 0.315. The lowest BCUT2D eigenvalue weighted by molar-refractivity contribution is 0.0532. The molecule has 0 radical (unpaired) electrons. The van der Waals surface area contributed by atoms with Crippen molar-refractivity contribution in [1.82, 2.24) is 0 Å². The van der Waals surface area contributed by atoms with Crippen LogP contribution in [-0.2, 0) is 4.74 Å². The maximum atomic E-state index is 5.74. The van der Waals surface area contributed by atoms with Crippen molar-refractivity contribution in [3.05, 3.63) is 23.8 Å². The van der Waals surface area contributed by atoms with E-state index in [0.717, 1.165) is 25.4 Å². The minimum atomic E-state index is 0.315. The molecule has 0 unspecified atom stereocenters. The minimum Gasteiger partial charge on any atom is -0.399 e. The van der Waals surface area contributed by atoms with Gasteiger partial charge in [-0.1, -0.05) is 0 Å². The lowest BCUT2D eigenvalue weighted by Gasteiger charge is -2.33. The van der Waals surface area contributed by atoms with Crippen LogP contribution in [0.2, 0.25) is 0 Å². The van der Waals surface area contributed by atoms with Gasteiger partial charge in [0.1, 0.15) is 0 Å². The first-order valence-corrected chi connectivity index (χ1v) is 5.39. The molecule has 1 aliphatic rings. The van der Waals surface area contributed by atoms with E-state index in [1.54, 1.807) is 0 Å². The van der Waals surface area contributed by atoms with Crippen molar-refractivity contribution < 1.29 is 4.74 Å². The van der Waals surface area contributed by atoms with E-state index in [2.05, 4.69) is 24.8 Å².